The van der Waals surface area contributed by atoms with Gasteiger partial charge in [0.2, 0.25) is 0 Å². The Morgan fingerprint density at radius 1 is 0.357 bits per heavy atom. The molecule has 8 aromatic rings. The normalized spacial score (nSPS) is 12.0. The molecule has 1 aliphatic rings. The Bertz CT molecular complexity index is 2320. The van der Waals surface area contributed by atoms with Crippen LogP contribution < -0.4 is 4.74 Å². The number of para-hydroxylation sites is 1. The van der Waals surface area contributed by atoms with E-state index in [-0.39, 0.29) is 0 Å². The van der Waals surface area contributed by atoms with E-state index in [4.69, 9.17) is 9.15 Å². The first-order chi connectivity index (χ1) is 20.8. The summed E-state index contributed by atoms with van der Waals surface area (Å²) >= 11 is 0. The highest BCUT2D eigenvalue weighted by Crippen LogP contribution is 2.48. The summed E-state index contributed by atoms with van der Waals surface area (Å²) in [5.74, 6) is 1.80. The highest BCUT2D eigenvalue weighted by Gasteiger charge is 2.21. The fraction of sp³-hybridized carbons (Fsp3) is 0. The predicted molar refractivity (Wildman–Crippen MR) is 173 cm³/mol. The van der Waals surface area contributed by atoms with Crippen LogP contribution >= 0.6 is 0 Å². The molecule has 0 saturated carbocycles. The van der Waals surface area contributed by atoms with Crippen LogP contribution in [0, 0.1) is 0 Å². The lowest BCUT2D eigenvalue weighted by molar-refractivity contribution is 0.487. The van der Waals surface area contributed by atoms with Crippen molar-refractivity contribution in [2.24, 2.45) is 0 Å². The van der Waals surface area contributed by atoms with Crippen LogP contribution in [0.4, 0.5) is 0 Å². The largest absolute Gasteiger partial charge is 0.456 e. The number of ether oxygens (including phenoxy) is 1. The molecular weight excluding hydrogens is 512 g/mol. The number of fused-ring (bicyclic) bond motifs is 5. The van der Waals surface area contributed by atoms with Gasteiger partial charge in [-0.1, -0.05) is 97.1 Å². The maximum atomic E-state index is 6.40. The van der Waals surface area contributed by atoms with Gasteiger partial charge in [0, 0.05) is 21.7 Å². The number of benzene rings is 7. The first-order valence-corrected chi connectivity index (χ1v) is 14.3. The molecule has 0 atom stereocenters. The monoisotopic (exact) mass is 536 g/mol. The van der Waals surface area contributed by atoms with Crippen LogP contribution in [0.3, 0.4) is 0 Å². The summed E-state index contributed by atoms with van der Waals surface area (Å²) in [4.78, 5) is 0. The van der Waals surface area contributed by atoms with Gasteiger partial charge in [-0.05, 0) is 92.9 Å². The number of furan rings is 1. The smallest absolute Gasteiger partial charge is 0.136 e. The highest BCUT2D eigenvalue weighted by atomic mass is 16.5. The summed E-state index contributed by atoms with van der Waals surface area (Å²) in [6, 6.07) is 51.5. The van der Waals surface area contributed by atoms with Gasteiger partial charge in [0.1, 0.15) is 22.7 Å². The van der Waals surface area contributed by atoms with Gasteiger partial charge in [-0.3, -0.25) is 0 Å². The maximum Gasteiger partial charge on any atom is 0.136 e. The Kier molecular flexibility index (Phi) is 4.93. The molecule has 0 N–H and O–H groups in total. The van der Waals surface area contributed by atoms with E-state index in [1.807, 2.05) is 12.1 Å². The van der Waals surface area contributed by atoms with Crippen LogP contribution in [0.15, 0.2) is 150 Å². The molecule has 2 nitrogen and oxygen atoms in total. The molecule has 42 heavy (non-hydrogen) atoms. The van der Waals surface area contributed by atoms with Crippen LogP contribution in [0.5, 0.6) is 11.5 Å². The van der Waals surface area contributed by atoms with E-state index in [1.54, 1.807) is 0 Å². The van der Waals surface area contributed by atoms with Crippen molar-refractivity contribution in [2.75, 3.05) is 0 Å². The van der Waals surface area contributed by atoms with Crippen LogP contribution in [0.1, 0.15) is 0 Å². The average Bonchev–Trinajstić information content (AvgIpc) is 3.44. The molecule has 2 heterocycles. The van der Waals surface area contributed by atoms with Gasteiger partial charge < -0.3 is 9.15 Å². The minimum atomic E-state index is 0.888. The summed E-state index contributed by atoms with van der Waals surface area (Å²) in [6.07, 6.45) is 0. The Morgan fingerprint density at radius 3 is 1.98 bits per heavy atom. The van der Waals surface area contributed by atoms with Crippen molar-refractivity contribution in [3.63, 3.8) is 0 Å². The van der Waals surface area contributed by atoms with Crippen molar-refractivity contribution in [2.45, 2.75) is 0 Å². The molecule has 0 bridgehead atoms. The second kappa shape index (κ2) is 8.95. The van der Waals surface area contributed by atoms with Crippen molar-refractivity contribution in [3.8, 4) is 56.0 Å². The van der Waals surface area contributed by atoms with Crippen LogP contribution in [-0.2, 0) is 0 Å². The van der Waals surface area contributed by atoms with Gasteiger partial charge in [0.15, 0.2) is 0 Å². The first kappa shape index (κ1) is 23.1. The lowest BCUT2D eigenvalue weighted by Gasteiger charge is -2.22. The van der Waals surface area contributed by atoms with Gasteiger partial charge >= 0.3 is 0 Å². The van der Waals surface area contributed by atoms with Crippen LogP contribution in [-0.4, -0.2) is 0 Å². The topological polar surface area (TPSA) is 22.4 Å². The molecule has 0 amide bonds. The van der Waals surface area contributed by atoms with E-state index in [0.29, 0.717) is 0 Å². The lowest BCUT2D eigenvalue weighted by Crippen LogP contribution is -1.97. The third kappa shape index (κ3) is 3.52. The third-order valence-electron chi connectivity index (χ3n) is 8.44. The molecule has 196 valence electrons. The van der Waals surface area contributed by atoms with Gasteiger partial charge in [-0.15, -0.1) is 0 Å². The quantitative estimate of drug-likeness (QED) is 0.224. The number of hydrogen-bond donors (Lipinski definition) is 0. The summed E-state index contributed by atoms with van der Waals surface area (Å²) in [5, 5.41) is 4.63. The molecule has 1 aliphatic heterocycles. The van der Waals surface area contributed by atoms with Crippen LogP contribution in [0.25, 0.3) is 77.2 Å². The second-order valence-electron chi connectivity index (χ2n) is 10.9. The minimum Gasteiger partial charge on any atom is -0.456 e. The van der Waals surface area contributed by atoms with Crippen molar-refractivity contribution < 1.29 is 9.15 Å². The van der Waals surface area contributed by atoms with Crippen LogP contribution in [0.2, 0.25) is 0 Å². The summed E-state index contributed by atoms with van der Waals surface area (Å²) in [6.45, 7) is 0. The molecule has 0 saturated heterocycles. The fourth-order valence-corrected chi connectivity index (χ4v) is 6.51. The van der Waals surface area contributed by atoms with Gasteiger partial charge in [-0.25, -0.2) is 0 Å². The standard InChI is InChI=1S/C40H24O2/c1-2-9-25(10-3-1)28-21-29(23-30(22-28)31-14-8-18-38-40(31)33-13-4-5-16-35(33)41-38)27-19-20-36-34(24-27)32-15-6-11-26-12-7-17-37(42-36)39(26)32/h1-24H. The van der Waals surface area contributed by atoms with Crippen molar-refractivity contribution in [3.05, 3.63) is 146 Å². The maximum absolute atomic E-state index is 6.40. The van der Waals surface area contributed by atoms with Gasteiger partial charge in [0.25, 0.3) is 0 Å². The lowest BCUT2D eigenvalue weighted by atomic mass is 9.89. The molecule has 0 spiro atoms. The molecule has 0 aliphatic carbocycles. The number of hydrogen-bond acceptors (Lipinski definition) is 2. The molecule has 1 aromatic heterocycles. The van der Waals surface area contributed by atoms with E-state index in [9.17, 15) is 0 Å². The van der Waals surface area contributed by atoms with Crippen molar-refractivity contribution in [1.82, 2.24) is 0 Å². The zero-order valence-electron chi connectivity index (χ0n) is 22.7. The minimum absolute atomic E-state index is 0.888. The Morgan fingerprint density at radius 2 is 1.07 bits per heavy atom. The molecule has 0 fully saturated rings. The Hall–Kier alpha value is -5.60. The first-order valence-electron chi connectivity index (χ1n) is 14.3. The van der Waals surface area contributed by atoms with Gasteiger partial charge in [-0.2, -0.15) is 0 Å². The fourth-order valence-electron chi connectivity index (χ4n) is 6.51. The van der Waals surface area contributed by atoms with E-state index in [1.165, 1.54) is 27.5 Å². The average molecular weight is 537 g/mol. The van der Waals surface area contributed by atoms with Crippen molar-refractivity contribution >= 4 is 32.7 Å². The summed E-state index contributed by atoms with van der Waals surface area (Å²) in [5.41, 5.74) is 11.1. The highest BCUT2D eigenvalue weighted by molar-refractivity contribution is 6.13. The molecule has 2 heteroatoms. The van der Waals surface area contributed by atoms with E-state index < -0.39 is 0 Å². The second-order valence-corrected chi connectivity index (χ2v) is 10.9. The van der Waals surface area contributed by atoms with Gasteiger partial charge in [0.05, 0.1) is 0 Å². The zero-order chi connectivity index (χ0) is 27.6. The molecule has 7 aromatic carbocycles. The van der Waals surface area contributed by atoms with E-state index in [0.717, 1.165) is 61.3 Å². The summed E-state index contributed by atoms with van der Waals surface area (Å²) in [7, 11) is 0. The van der Waals surface area contributed by atoms with E-state index >= 15 is 0 Å². The zero-order valence-corrected chi connectivity index (χ0v) is 22.7. The number of rotatable bonds is 3. The molecule has 0 radical (unpaired) electrons. The molecule has 9 rings (SSSR count). The molecular formula is C40H24O2. The third-order valence-corrected chi connectivity index (χ3v) is 8.44. The molecule has 0 unspecified atom stereocenters. The SMILES string of the molecule is c1ccc(-c2cc(-c3ccc4c(c3)-c3cccc5cccc(c35)O4)cc(-c3cccc4oc5ccccc5c34)c2)cc1. The Balaban J connectivity index is 1.28. The van der Waals surface area contributed by atoms with Crippen molar-refractivity contribution in [1.29, 1.82) is 0 Å². The van der Waals surface area contributed by atoms with E-state index in [2.05, 4.69) is 133 Å². The predicted octanol–water partition coefficient (Wildman–Crippen LogP) is 11.5. The summed E-state index contributed by atoms with van der Waals surface area (Å²) < 4.78 is 12.6. The Labute approximate surface area is 243 Å².